The number of rotatable bonds is 5. The Labute approximate surface area is 203 Å². The van der Waals surface area contributed by atoms with Gasteiger partial charge in [-0.2, -0.15) is 4.98 Å². The van der Waals surface area contributed by atoms with Crippen LogP contribution in [0.4, 0.5) is 5.69 Å². The van der Waals surface area contributed by atoms with E-state index in [1.165, 1.54) is 4.57 Å². The van der Waals surface area contributed by atoms with Crippen molar-refractivity contribution in [1.82, 2.24) is 14.7 Å². The lowest BCUT2D eigenvalue weighted by atomic mass is 10.1. The number of halogens is 2. The highest BCUT2D eigenvalue weighted by molar-refractivity contribution is 9.10. The van der Waals surface area contributed by atoms with Crippen molar-refractivity contribution in [3.8, 4) is 22.8 Å². The van der Waals surface area contributed by atoms with Crippen LogP contribution in [0.5, 0.6) is 0 Å². The quantitative estimate of drug-likeness (QED) is 0.368. The van der Waals surface area contributed by atoms with Crippen LogP contribution in [0.15, 0.2) is 62.3 Å². The number of hydrogen-bond donors (Lipinski definition) is 1. The van der Waals surface area contributed by atoms with Crippen LogP contribution in [-0.4, -0.2) is 20.6 Å². The minimum absolute atomic E-state index is 0.103. The summed E-state index contributed by atoms with van der Waals surface area (Å²) in [6, 6.07) is 14.6. The molecular weight excluding hydrogens is 508 g/mol. The molecule has 0 unspecified atom stereocenters. The van der Waals surface area contributed by atoms with Crippen molar-refractivity contribution in [2.24, 2.45) is 0 Å². The number of pyridine rings is 1. The summed E-state index contributed by atoms with van der Waals surface area (Å²) in [4.78, 5) is 30.4. The zero-order valence-corrected chi connectivity index (χ0v) is 20.5. The van der Waals surface area contributed by atoms with Crippen molar-refractivity contribution in [1.29, 1.82) is 0 Å². The minimum atomic E-state index is -0.386. The number of benzene rings is 2. The van der Waals surface area contributed by atoms with Crippen molar-refractivity contribution in [3.05, 3.63) is 85.2 Å². The Kier molecular flexibility index (Phi) is 6.49. The Bertz CT molecular complexity index is 1410. The molecule has 0 aliphatic carbocycles. The third-order valence-corrected chi connectivity index (χ3v) is 5.99. The SMILES string of the molecule is Cc1ccc(NC(=O)Cn2c(C)cc(C)c(-c3nc(-c4ccc(Br)cc4)no3)c2=O)c(Cl)c1. The molecule has 0 fully saturated rings. The number of aryl methyl sites for hydroxylation is 3. The first-order chi connectivity index (χ1) is 15.7. The minimum Gasteiger partial charge on any atom is -0.333 e. The first-order valence-electron chi connectivity index (χ1n) is 10.1. The Balaban J connectivity index is 1.64. The van der Waals surface area contributed by atoms with E-state index in [4.69, 9.17) is 16.1 Å². The van der Waals surface area contributed by atoms with E-state index in [0.29, 0.717) is 27.8 Å². The molecule has 0 saturated carbocycles. The predicted molar refractivity (Wildman–Crippen MR) is 131 cm³/mol. The van der Waals surface area contributed by atoms with Gasteiger partial charge in [0.2, 0.25) is 11.7 Å². The maximum atomic E-state index is 13.3. The standard InChI is InChI=1S/C24H20BrClN4O3/c1-13-4-9-19(18(26)10-13)27-20(31)12-30-15(3)11-14(2)21(24(30)32)23-28-22(29-33-23)16-5-7-17(25)8-6-16/h4-11H,12H2,1-3H3,(H,27,31). The Morgan fingerprint density at radius 1 is 1.12 bits per heavy atom. The number of hydrogen-bond acceptors (Lipinski definition) is 5. The Hall–Kier alpha value is -3.23. The van der Waals surface area contributed by atoms with Crippen LogP contribution < -0.4 is 10.9 Å². The second kappa shape index (κ2) is 9.33. The van der Waals surface area contributed by atoms with Crippen molar-refractivity contribution < 1.29 is 9.32 Å². The van der Waals surface area contributed by atoms with Gasteiger partial charge in [-0.25, -0.2) is 0 Å². The third kappa shape index (κ3) is 4.91. The van der Waals surface area contributed by atoms with Gasteiger partial charge >= 0.3 is 0 Å². The fourth-order valence-electron chi connectivity index (χ4n) is 3.48. The van der Waals surface area contributed by atoms with Gasteiger partial charge in [0.25, 0.3) is 11.4 Å². The summed E-state index contributed by atoms with van der Waals surface area (Å²) in [7, 11) is 0. The lowest BCUT2D eigenvalue weighted by molar-refractivity contribution is -0.116. The summed E-state index contributed by atoms with van der Waals surface area (Å²) in [6.07, 6.45) is 0. The van der Waals surface area contributed by atoms with Gasteiger partial charge in [0.05, 0.1) is 10.7 Å². The van der Waals surface area contributed by atoms with E-state index in [2.05, 4.69) is 31.4 Å². The molecule has 0 radical (unpaired) electrons. The van der Waals surface area contributed by atoms with Crippen molar-refractivity contribution in [2.45, 2.75) is 27.3 Å². The predicted octanol–water partition coefficient (Wildman–Crippen LogP) is 5.55. The maximum Gasteiger partial charge on any atom is 0.264 e. The average molecular weight is 528 g/mol. The van der Waals surface area contributed by atoms with Gasteiger partial charge in [-0.3, -0.25) is 9.59 Å². The molecule has 1 N–H and O–H groups in total. The largest absolute Gasteiger partial charge is 0.333 e. The monoisotopic (exact) mass is 526 g/mol. The first-order valence-corrected chi connectivity index (χ1v) is 11.3. The van der Waals surface area contributed by atoms with Gasteiger partial charge in [-0.15, -0.1) is 0 Å². The number of carbonyl (C=O) groups excluding carboxylic acids is 1. The number of aromatic nitrogens is 3. The van der Waals surface area contributed by atoms with Crippen LogP contribution in [0.2, 0.25) is 5.02 Å². The molecule has 7 nitrogen and oxygen atoms in total. The Morgan fingerprint density at radius 3 is 2.55 bits per heavy atom. The fraction of sp³-hybridized carbons (Fsp3) is 0.167. The Morgan fingerprint density at radius 2 is 1.85 bits per heavy atom. The van der Waals surface area contributed by atoms with E-state index in [-0.39, 0.29) is 29.5 Å². The molecule has 0 aliphatic rings. The number of nitrogens with one attached hydrogen (secondary N) is 1. The molecular formula is C24H20BrClN4O3. The number of anilines is 1. The summed E-state index contributed by atoms with van der Waals surface area (Å²) in [5.41, 5.74) is 3.42. The van der Waals surface area contributed by atoms with E-state index in [1.54, 1.807) is 26.0 Å². The van der Waals surface area contributed by atoms with Crippen LogP contribution >= 0.6 is 27.5 Å². The van der Waals surface area contributed by atoms with Crippen LogP contribution in [0.1, 0.15) is 16.8 Å². The summed E-state index contributed by atoms with van der Waals surface area (Å²) >= 11 is 9.61. The van der Waals surface area contributed by atoms with Gasteiger partial charge in [0.1, 0.15) is 12.1 Å². The number of amides is 1. The molecule has 0 bridgehead atoms. The second-order valence-electron chi connectivity index (χ2n) is 7.70. The molecule has 4 rings (SSSR count). The molecule has 9 heteroatoms. The van der Waals surface area contributed by atoms with Crippen molar-refractivity contribution in [2.75, 3.05) is 5.32 Å². The topological polar surface area (TPSA) is 90.0 Å². The lowest BCUT2D eigenvalue weighted by Gasteiger charge is -2.14. The molecule has 0 aliphatic heterocycles. The van der Waals surface area contributed by atoms with E-state index in [0.717, 1.165) is 15.6 Å². The van der Waals surface area contributed by atoms with Crippen LogP contribution in [0, 0.1) is 20.8 Å². The number of nitrogens with zero attached hydrogens (tertiary/aromatic N) is 3. The molecule has 0 saturated heterocycles. The first kappa shape index (κ1) is 22.9. The third-order valence-electron chi connectivity index (χ3n) is 5.15. The molecule has 0 spiro atoms. The fourth-order valence-corrected chi connectivity index (χ4v) is 4.03. The van der Waals surface area contributed by atoms with E-state index >= 15 is 0 Å². The van der Waals surface area contributed by atoms with Crippen LogP contribution in [0.25, 0.3) is 22.8 Å². The average Bonchev–Trinajstić information content (AvgIpc) is 3.23. The second-order valence-corrected chi connectivity index (χ2v) is 9.02. The highest BCUT2D eigenvalue weighted by Crippen LogP contribution is 2.25. The van der Waals surface area contributed by atoms with Crippen LogP contribution in [0.3, 0.4) is 0 Å². The summed E-state index contributed by atoms with van der Waals surface area (Å²) in [5.74, 6) is 0.100. The van der Waals surface area contributed by atoms with E-state index in [9.17, 15) is 9.59 Å². The summed E-state index contributed by atoms with van der Waals surface area (Å²) < 4.78 is 7.72. The highest BCUT2D eigenvalue weighted by atomic mass is 79.9. The summed E-state index contributed by atoms with van der Waals surface area (Å²) in [6.45, 7) is 5.29. The molecule has 33 heavy (non-hydrogen) atoms. The van der Waals surface area contributed by atoms with Gasteiger partial charge in [0, 0.05) is 15.7 Å². The smallest absolute Gasteiger partial charge is 0.264 e. The molecule has 2 aromatic heterocycles. The zero-order chi connectivity index (χ0) is 23.7. The highest BCUT2D eigenvalue weighted by Gasteiger charge is 2.20. The van der Waals surface area contributed by atoms with E-state index in [1.807, 2.05) is 43.3 Å². The molecule has 4 aromatic rings. The molecule has 1 amide bonds. The number of carbonyl (C=O) groups is 1. The van der Waals surface area contributed by atoms with Crippen molar-refractivity contribution >= 4 is 39.1 Å². The lowest BCUT2D eigenvalue weighted by Crippen LogP contribution is -2.30. The molecule has 168 valence electrons. The van der Waals surface area contributed by atoms with Crippen molar-refractivity contribution in [3.63, 3.8) is 0 Å². The molecule has 0 atom stereocenters. The molecule has 2 heterocycles. The maximum absolute atomic E-state index is 13.3. The molecule has 2 aromatic carbocycles. The van der Waals surface area contributed by atoms with Gasteiger partial charge in [0.15, 0.2) is 0 Å². The van der Waals surface area contributed by atoms with Crippen LogP contribution in [-0.2, 0) is 11.3 Å². The summed E-state index contributed by atoms with van der Waals surface area (Å²) in [5, 5.41) is 7.21. The van der Waals surface area contributed by atoms with E-state index < -0.39 is 0 Å². The normalized spacial score (nSPS) is 10.9. The zero-order valence-electron chi connectivity index (χ0n) is 18.1. The van der Waals surface area contributed by atoms with Gasteiger partial charge in [-0.05, 0) is 74.4 Å². The van der Waals surface area contributed by atoms with Gasteiger partial charge in [-0.1, -0.05) is 38.8 Å². The van der Waals surface area contributed by atoms with Gasteiger partial charge < -0.3 is 14.4 Å².